The number of nitrogens with zero attached hydrogens (tertiary/aromatic N) is 1. The summed E-state index contributed by atoms with van der Waals surface area (Å²) in [5.41, 5.74) is 2.18. The summed E-state index contributed by atoms with van der Waals surface area (Å²) in [4.78, 5) is 22.2. The number of fused-ring (bicyclic) bond motifs is 3. The first-order valence-electron chi connectivity index (χ1n) is 8.02. The number of aryl methyl sites for hydroxylation is 1. The van der Waals surface area contributed by atoms with Crippen LogP contribution in [-0.2, 0) is 18.6 Å². The number of H-pyrrole nitrogens is 1. The SMILES string of the molecule is C[C@H]1CCc2c(sc3nc(SCc4ccc(F)cc4)[nH]c(=O)c23)C1. The lowest BCUT2D eigenvalue weighted by molar-refractivity contribution is 0.509. The number of thioether (sulfide) groups is 1. The quantitative estimate of drug-likeness (QED) is 0.551. The van der Waals surface area contributed by atoms with Gasteiger partial charge in [-0.3, -0.25) is 4.79 Å². The molecule has 0 saturated carbocycles. The second kappa shape index (κ2) is 6.33. The summed E-state index contributed by atoms with van der Waals surface area (Å²) in [6, 6.07) is 6.40. The molecule has 0 aliphatic heterocycles. The molecule has 124 valence electrons. The molecular formula is C18H17FN2OS2. The number of benzene rings is 1. The van der Waals surface area contributed by atoms with E-state index in [2.05, 4.69) is 16.9 Å². The van der Waals surface area contributed by atoms with E-state index >= 15 is 0 Å². The van der Waals surface area contributed by atoms with Crippen molar-refractivity contribution < 1.29 is 4.39 Å². The molecule has 0 spiro atoms. The number of aromatic nitrogens is 2. The van der Waals surface area contributed by atoms with Crippen molar-refractivity contribution in [2.75, 3.05) is 0 Å². The van der Waals surface area contributed by atoms with Crippen molar-refractivity contribution in [1.82, 2.24) is 9.97 Å². The van der Waals surface area contributed by atoms with Crippen LogP contribution in [0.15, 0.2) is 34.2 Å². The van der Waals surface area contributed by atoms with Gasteiger partial charge in [-0.25, -0.2) is 9.37 Å². The van der Waals surface area contributed by atoms with Crippen molar-refractivity contribution in [3.05, 3.63) is 56.4 Å². The smallest absolute Gasteiger partial charge is 0.260 e. The number of halogens is 1. The molecule has 24 heavy (non-hydrogen) atoms. The first-order valence-corrected chi connectivity index (χ1v) is 9.82. The lowest BCUT2D eigenvalue weighted by Crippen LogP contribution is -2.13. The van der Waals surface area contributed by atoms with E-state index in [1.54, 1.807) is 23.5 Å². The molecule has 0 radical (unpaired) electrons. The zero-order chi connectivity index (χ0) is 16.7. The zero-order valence-electron chi connectivity index (χ0n) is 13.3. The highest BCUT2D eigenvalue weighted by Gasteiger charge is 2.23. The third-order valence-electron chi connectivity index (χ3n) is 4.43. The van der Waals surface area contributed by atoms with E-state index in [1.165, 1.54) is 34.3 Å². The van der Waals surface area contributed by atoms with Gasteiger partial charge in [-0.2, -0.15) is 0 Å². The molecule has 0 saturated heterocycles. The number of thiophene rings is 1. The monoisotopic (exact) mass is 360 g/mol. The Labute approximate surface area is 147 Å². The van der Waals surface area contributed by atoms with Crippen LogP contribution in [0.25, 0.3) is 10.2 Å². The molecule has 3 nitrogen and oxygen atoms in total. The summed E-state index contributed by atoms with van der Waals surface area (Å²) in [7, 11) is 0. The van der Waals surface area contributed by atoms with Gasteiger partial charge in [0.05, 0.1) is 5.39 Å². The molecule has 2 heterocycles. The lowest BCUT2D eigenvalue weighted by Gasteiger charge is -2.17. The minimum absolute atomic E-state index is 0.0336. The summed E-state index contributed by atoms with van der Waals surface area (Å²) < 4.78 is 13.0. The number of aromatic amines is 1. The van der Waals surface area contributed by atoms with Crippen LogP contribution in [0, 0.1) is 11.7 Å². The minimum Gasteiger partial charge on any atom is -0.301 e. The number of rotatable bonds is 3. The topological polar surface area (TPSA) is 45.8 Å². The highest BCUT2D eigenvalue weighted by Crippen LogP contribution is 2.36. The molecule has 1 atom stereocenters. The van der Waals surface area contributed by atoms with Crippen molar-refractivity contribution >= 4 is 33.3 Å². The molecule has 4 rings (SSSR count). The molecule has 1 aromatic carbocycles. The Kier molecular flexibility index (Phi) is 4.18. The van der Waals surface area contributed by atoms with E-state index < -0.39 is 0 Å². The molecule has 2 aromatic heterocycles. The van der Waals surface area contributed by atoms with E-state index in [9.17, 15) is 9.18 Å². The van der Waals surface area contributed by atoms with Crippen LogP contribution in [0.4, 0.5) is 4.39 Å². The Morgan fingerprint density at radius 1 is 1.38 bits per heavy atom. The van der Waals surface area contributed by atoms with Crippen LogP contribution >= 0.6 is 23.1 Å². The summed E-state index contributed by atoms with van der Waals surface area (Å²) in [5.74, 6) is 1.09. The maximum atomic E-state index is 13.0. The standard InChI is InChI=1S/C18H17FN2OS2/c1-10-2-7-13-14(8-10)24-17-15(13)16(22)20-18(21-17)23-9-11-3-5-12(19)6-4-11/h3-6,10H,2,7-9H2,1H3,(H,20,21,22)/t10-/m0/s1. The fraction of sp³-hybridized carbons (Fsp3) is 0.333. The molecular weight excluding hydrogens is 343 g/mol. The number of hydrogen-bond acceptors (Lipinski definition) is 4. The predicted molar refractivity (Wildman–Crippen MR) is 97.4 cm³/mol. The third kappa shape index (κ3) is 3.00. The van der Waals surface area contributed by atoms with Crippen molar-refractivity contribution in [1.29, 1.82) is 0 Å². The average molecular weight is 360 g/mol. The Balaban J connectivity index is 1.63. The van der Waals surface area contributed by atoms with Crippen molar-refractivity contribution in [2.45, 2.75) is 37.1 Å². The average Bonchev–Trinajstić information content (AvgIpc) is 2.92. The summed E-state index contributed by atoms with van der Waals surface area (Å²) in [5, 5.41) is 1.41. The molecule has 1 aliphatic rings. The molecule has 6 heteroatoms. The highest BCUT2D eigenvalue weighted by atomic mass is 32.2. The fourth-order valence-corrected chi connectivity index (χ4v) is 5.39. The highest BCUT2D eigenvalue weighted by molar-refractivity contribution is 7.98. The van der Waals surface area contributed by atoms with Gasteiger partial charge in [-0.15, -0.1) is 11.3 Å². The van der Waals surface area contributed by atoms with Crippen LogP contribution in [-0.4, -0.2) is 9.97 Å². The van der Waals surface area contributed by atoms with E-state index in [-0.39, 0.29) is 11.4 Å². The third-order valence-corrected chi connectivity index (χ3v) is 6.53. The molecule has 3 aromatic rings. The summed E-state index contributed by atoms with van der Waals surface area (Å²) >= 11 is 3.13. The van der Waals surface area contributed by atoms with Gasteiger partial charge >= 0.3 is 0 Å². The summed E-state index contributed by atoms with van der Waals surface area (Å²) in [6.45, 7) is 2.26. The molecule has 0 fully saturated rings. The van der Waals surface area contributed by atoms with Crippen molar-refractivity contribution in [3.63, 3.8) is 0 Å². The van der Waals surface area contributed by atoms with E-state index in [4.69, 9.17) is 0 Å². The maximum absolute atomic E-state index is 13.0. The van der Waals surface area contributed by atoms with Gasteiger partial charge in [-0.05, 0) is 48.4 Å². The van der Waals surface area contributed by atoms with Gasteiger partial charge in [0.25, 0.3) is 5.56 Å². The Bertz CT molecular complexity index is 946. The molecule has 0 unspecified atom stereocenters. The van der Waals surface area contributed by atoms with Crippen LogP contribution in [0.3, 0.4) is 0 Å². The van der Waals surface area contributed by atoms with Gasteiger partial charge in [-0.1, -0.05) is 30.8 Å². The molecule has 0 bridgehead atoms. The van der Waals surface area contributed by atoms with Crippen LogP contribution < -0.4 is 5.56 Å². The largest absolute Gasteiger partial charge is 0.301 e. The van der Waals surface area contributed by atoms with Gasteiger partial charge in [0.2, 0.25) is 0 Å². The second-order valence-electron chi connectivity index (χ2n) is 6.32. The first-order chi connectivity index (χ1) is 11.6. The van der Waals surface area contributed by atoms with Gasteiger partial charge in [0.15, 0.2) is 5.16 Å². The maximum Gasteiger partial charge on any atom is 0.260 e. The van der Waals surface area contributed by atoms with Crippen molar-refractivity contribution in [3.8, 4) is 0 Å². The Morgan fingerprint density at radius 2 is 2.17 bits per heavy atom. The van der Waals surface area contributed by atoms with Gasteiger partial charge < -0.3 is 4.98 Å². The lowest BCUT2D eigenvalue weighted by atomic mass is 9.89. The van der Waals surface area contributed by atoms with E-state index in [0.29, 0.717) is 16.8 Å². The Morgan fingerprint density at radius 3 is 2.96 bits per heavy atom. The number of nitrogens with one attached hydrogen (secondary N) is 1. The van der Waals surface area contributed by atoms with Crippen molar-refractivity contribution in [2.24, 2.45) is 5.92 Å². The summed E-state index contributed by atoms with van der Waals surface area (Å²) in [6.07, 6.45) is 3.16. The van der Waals surface area contributed by atoms with E-state index in [0.717, 1.165) is 35.0 Å². The predicted octanol–water partition coefficient (Wildman–Crippen LogP) is 4.54. The zero-order valence-corrected chi connectivity index (χ0v) is 14.9. The van der Waals surface area contributed by atoms with Gasteiger partial charge in [0.1, 0.15) is 10.6 Å². The van der Waals surface area contributed by atoms with E-state index in [1.807, 2.05) is 0 Å². The van der Waals surface area contributed by atoms with Crippen LogP contribution in [0.1, 0.15) is 29.3 Å². The second-order valence-corrected chi connectivity index (χ2v) is 8.37. The minimum atomic E-state index is -0.241. The fourth-order valence-electron chi connectivity index (χ4n) is 3.13. The molecule has 1 aliphatic carbocycles. The molecule has 0 amide bonds. The van der Waals surface area contributed by atoms with Crippen LogP contribution in [0.2, 0.25) is 0 Å². The van der Waals surface area contributed by atoms with Crippen LogP contribution in [0.5, 0.6) is 0 Å². The first kappa shape index (κ1) is 15.8. The Hall–Kier alpha value is -1.66. The number of hydrogen-bond donors (Lipinski definition) is 1. The molecule has 1 N–H and O–H groups in total. The normalized spacial score (nSPS) is 17.2. The van der Waals surface area contributed by atoms with Gasteiger partial charge in [0, 0.05) is 10.6 Å².